The maximum Gasteiger partial charge on any atom is 0.226 e. The van der Waals surface area contributed by atoms with Gasteiger partial charge in [0.25, 0.3) is 0 Å². The summed E-state index contributed by atoms with van der Waals surface area (Å²) in [4.78, 5) is 19.8. The third kappa shape index (κ3) is 3.77. The van der Waals surface area contributed by atoms with Crippen molar-refractivity contribution in [3.05, 3.63) is 41.6 Å². The van der Waals surface area contributed by atoms with E-state index in [4.69, 9.17) is 11.6 Å². The highest BCUT2D eigenvalue weighted by atomic mass is 35.5. The molecule has 2 N–H and O–H groups in total. The molecule has 4 rings (SSSR count). The van der Waals surface area contributed by atoms with Crippen LogP contribution in [-0.4, -0.2) is 46.1 Å². The van der Waals surface area contributed by atoms with Crippen molar-refractivity contribution in [3.63, 3.8) is 0 Å². The molecule has 0 aliphatic carbocycles. The van der Waals surface area contributed by atoms with Gasteiger partial charge in [-0.3, -0.25) is 0 Å². The number of aromatic nitrogens is 4. The standard InChI is InChI=1S/C18H19ClFN7/c1-21-11-4-6-27(7-5-11)18-22-9-15-16(26-18)17(24-10-23-15)25-12-2-3-14(20)13(19)8-12/h2-3,8-11,21H,4-7H2,1H3,(H,23,24,25). The van der Waals surface area contributed by atoms with Crippen LogP contribution >= 0.6 is 11.6 Å². The van der Waals surface area contributed by atoms with Gasteiger partial charge in [-0.15, -0.1) is 0 Å². The zero-order valence-electron chi connectivity index (χ0n) is 14.8. The van der Waals surface area contributed by atoms with Crippen LogP contribution in [0.4, 0.5) is 21.8 Å². The molecule has 3 aromatic rings. The molecular formula is C18H19ClFN7. The molecule has 9 heteroatoms. The first kappa shape index (κ1) is 17.8. The second kappa shape index (κ2) is 7.58. The lowest BCUT2D eigenvalue weighted by Crippen LogP contribution is -2.41. The molecule has 1 fully saturated rings. The van der Waals surface area contributed by atoms with Crippen LogP contribution in [0, 0.1) is 5.82 Å². The van der Waals surface area contributed by atoms with Gasteiger partial charge < -0.3 is 15.5 Å². The highest BCUT2D eigenvalue weighted by molar-refractivity contribution is 6.31. The Morgan fingerprint density at radius 3 is 2.74 bits per heavy atom. The molecule has 0 amide bonds. The molecule has 3 heterocycles. The number of nitrogens with zero attached hydrogens (tertiary/aromatic N) is 5. The summed E-state index contributed by atoms with van der Waals surface area (Å²) >= 11 is 5.86. The molecule has 7 nitrogen and oxygen atoms in total. The fraction of sp³-hybridized carbons (Fsp3) is 0.333. The van der Waals surface area contributed by atoms with Crippen LogP contribution in [0.25, 0.3) is 11.0 Å². The van der Waals surface area contributed by atoms with Gasteiger partial charge in [-0.25, -0.2) is 24.3 Å². The van der Waals surface area contributed by atoms with E-state index < -0.39 is 5.82 Å². The summed E-state index contributed by atoms with van der Waals surface area (Å²) in [6.45, 7) is 1.78. The SMILES string of the molecule is CNC1CCN(c2ncc3ncnc(Nc4ccc(F)c(Cl)c4)c3n2)CC1. The third-order valence-corrected chi connectivity index (χ3v) is 5.02. The van der Waals surface area contributed by atoms with E-state index >= 15 is 0 Å². The van der Waals surface area contributed by atoms with Crippen molar-refractivity contribution < 1.29 is 4.39 Å². The predicted molar refractivity (Wildman–Crippen MR) is 104 cm³/mol. The maximum atomic E-state index is 13.4. The number of rotatable bonds is 4. The van der Waals surface area contributed by atoms with Crippen LogP contribution in [0.5, 0.6) is 0 Å². The van der Waals surface area contributed by atoms with E-state index in [1.807, 2.05) is 7.05 Å². The zero-order chi connectivity index (χ0) is 18.8. The highest BCUT2D eigenvalue weighted by Crippen LogP contribution is 2.26. The molecule has 27 heavy (non-hydrogen) atoms. The molecule has 0 saturated carbocycles. The smallest absolute Gasteiger partial charge is 0.226 e. The van der Waals surface area contributed by atoms with E-state index in [9.17, 15) is 4.39 Å². The molecule has 2 aromatic heterocycles. The summed E-state index contributed by atoms with van der Waals surface area (Å²) < 4.78 is 13.4. The Morgan fingerprint density at radius 1 is 1.19 bits per heavy atom. The Hall–Kier alpha value is -2.58. The molecule has 1 aliphatic rings. The van der Waals surface area contributed by atoms with Gasteiger partial charge in [-0.05, 0) is 38.1 Å². The predicted octanol–water partition coefficient (Wildman–Crippen LogP) is 3.14. The van der Waals surface area contributed by atoms with Crippen LogP contribution in [0.2, 0.25) is 5.02 Å². The van der Waals surface area contributed by atoms with E-state index in [0.29, 0.717) is 34.5 Å². The Bertz CT molecular complexity index is 960. The van der Waals surface area contributed by atoms with Crippen molar-refractivity contribution in [2.75, 3.05) is 30.4 Å². The fourth-order valence-electron chi connectivity index (χ4n) is 3.17. The van der Waals surface area contributed by atoms with Crippen LogP contribution < -0.4 is 15.5 Å². The second-order valence-electron chi connectivity index (χ2n) is 6.43. The van der Waals surface area contributed by atoms with Gasteiger partial charge in [0.15, 0.2) is 5.82 Å². The minimum atomic E-state index is -0.468. The summed E-state index contributed by atoms with van der Waals surface area (Å²) in [7, 11) is 1.99. The van der Waals surface area contributed by atoms with Crippen molar-refractivity contribution in [2.45, 2.75) is 18.9 Å². The summed E-state index contributed by atoms with van der Waals surface area (Å²) in [6.07, 6.45) is 5.23. The molecule has 0 bridgehead atoms. The molecule has 0 atom stereocenters. The minimum absolute atomic E-state index is 0.0427. The van der Waals surface area contributed by atoms with Crippen molar-refractivity contribution in [2.24, 2.45) is 0 Å². The van der Waals surface area contributed by atoms with Gasteiger partial charge in [0.2, 0.25) is 5.95 Å². The van der Waals surface area contributed by atoms with E-state index in [1.165, 1.54) is 18.5 Å². The Morgan fingerprint density at radius 2 is 2.00 bits per heavy atom. The molecule has 1 aliphatic heterocycles. The molecule has 1 saturated heterocycles. The minimum Gasteiger partial charge on any atom is -0.341 e. The van der Waals surface area contributed by atoms with Gasteiger partial charge in [0.1, 0.15) is 23.2 Å². The van der Waals surface area contributed by atoms with E-state index in [0.717, 1.165) is 25.9 Å². The number of hydrogen-bond acceptors (Lipinski definition) is 7. The summed E-state index contributed by atoms with van der Waals surface area (Å²) in [5.41, 5.74) is 1.87. The van der Waals surface area contributed by atoms with Gasteiger partial charge in [-0.2, -0.15) is 0 Å². The molecule has 0 radical (unpaired) electrons. The van der Waals surface area contributed by atoms with Crippen LogP contribution in [0.3, 0.4) is 0 Å². The summed E-state index contributed by atoms with van der Waals surface area (Å²) in [5, 5.41) is 6.50. The van der Waals surface area contributed by atoms with E-state index in [2.05, 4.69) is 35.5 Å². The van der Waals surface area contributed by atoms with Crippen LogP contribution in [0.1, 0.15) is 12.8 Å². The monoisotopic (exact) mass is 387 g/mol. The molecule has 0 spiro atoms. The van der Waals surface area contributed by atoms with E-state index in [-0.39, 0.29) is 5.02 Å². The Labute approximate surface area is 161 Å². The number of anilines is 3. The second-order valence-corrected chi connectivity index (χ2v) is 6.84. The fourth-order valence-corrected chi connectivity index (χ4v) is 3.35. The Balaban J connectivity index is 1.64. The van der Waals surface area contributed by atoms with Crippen molar-refractivity contribution in [3.8, 4) is 0 Å². The van der Waals surface area contributed by atoms with Gasteiger partial charge >= 0.3 is 0 Å². The van der Waals surface area contributed by atoms with Crippen molar-refractivity contribution >= 4 is 40.1 Å². The normalized spacial score (nSPS) is 15.3. The van der Waals surface area contributed by atoms with Crippen molar-refractivity contribution in [1.82, 2.24) is 25.3 Å². The van der Waals surface area contributed by atoms with Crippen molar-refractivity contribution in [1.29, 1.82) is 0 Å². The quantitative estimate of drug-likeness (QED) is 0.711. The first-order chi connectivity index (χ1) is 13.1. The van der Waals surface area contributed by atoms with Gasteiger partial charge in [-0.1, -0.05) is 11.6 Å². The third-order valence-electron chi connectivity index (χ3n) is 4.73. The summed E-state index contributed by atoms with van der Waals surface area (Å²) in [6, 6.07) is 4.95. The molecule has 1 aromatic carbocycles. The molecule has 140 valence electrons. The average Bonchev–Trinajstić information content (AvgIpc) is 2.71. The van der Waals surface area contributed by atoms with E-state index in [1.54, 1.807) is 12.3 Å². The lowest BCUT2D eigenvalue weighted by atomic mass is 10.1. The average molecular weight is 388 g/mol. The highest BCUT2D eigenvalue weighted by Gasteiger charge is 2.20. The summed E-state index contributed by atoms with van der Waals surface area (Å²) in [5.74, 6) is 0.716. The Kier molecular flexibility index (Phi) is 5.00. The van der Waals surface area contributed by atoms with Gasteiger partial charge in [0, 0.05) is 24.8 Å². The topological polar surface area (TPSA) is 78.9 Å². The lowest BCUT2D eigenvalue weighted by Gasteiger charge is -2.31. The zero-order valence-corrected chi connectivity index (χ0v) is 15.5. The number of fused-ring (bicyclic) bond motifs is 1. The molecule has 0 unspecified atom stereocenters. The number of piperidine rings is 1. The first-order valence-electron chi connectivity index (χ1n) is 8.76. The van der Waals surface area contributed by atoms with Crippen LogP contribution in [0.15, 0.2) is 30.7 Å². The maximum absolute atomic E-state index is 13.4. The number of halogens is 2. The number of nitrogens with one attached hydrogen (secondary N) is 2. The van der Waals surface area contributed by atoms with Crippen LogP contribution in [-0.2, 0) is 0 Å². The molecular weight excluding hydrogens is 369 g/mol. The lowest BCUT2D eigenvalue weighted by molar-refractivity contribution is 0.439. The first-order valence-corrected chi connectivity index (χ1v) is 9.14. The number of hydrogen-bond donors (Lipinski definition) is 2. The number of benzene rings is 1. The largest absolute Gasteiger partial charge is 0.341 e. The van der Waals surface area contributed by atoms with Gasteiger partial charge in [0.05, 0.1) is 11.2 Å².